The molecule has 29 heavy (non-hydrogen) atoms. The van der Waals surface area contributed by atoms with E-state index in [9.17, 15) is 9.59 Å². The monoisotopic (exact) mass is 404 g/mol. The van der Waals surface area contributed by atoms with Crippen molar-refractivity contribution in [1.29, 1.82) is 0 Å². The van der Waals surface area contributed by atoms with Gasteiger partial charge in [0.15, 0.2) is 0 Å². The van der Waals surface area contributed by atoms with Crippen LogP contribution in [0.5, 0.6) is 5.75 Å². The van der Waals surface area contributed by atoms with E-state index in [2.05, 4.69) is 6.58 Å². The highest BCUT2D eigenvalue weighted by Crippen LogP contribution is 2.19. The van der Waals surface area contributed by atoms with Crippen LogP contribution in [0.1, 0.15) is 18.1 Å². The maximum Gasteiger partial charge on any atom is 0.336 e. The van der Waals surface area contributed by atoms with Crippen LogP contribution in [0.25, 0.3) is 22.0 Å². The first-order valence-corrected chi connectivity index (χ1v) is 10.2. The summed E-state index contributed by atoms with van der Waals surface area (Å²) in [6.45, 7) is 6.60. The fourth-order valence-corrected chi connectivity index (χ4v) is 4.09. The Balaban J connectivity index is 1.86. The van der Waals surface area contributed by atoms with Crippen LogP contribution in [0.4, 0.5) is 0 Å². The fraction of sp³-hybridized carbons (Fsp3) is 0.130. The van der Waals surface area contributed by atoms with E-state index >= 15 is 0 Å². The standard InChI is InChI=1S/C23H20N2O3S/c1-3-16-5-7-17(8-6-16)15-24-20-13-14-29-21(20)22(26)25(23(24)27)18-9-11-19(12-10-18)28-4-2/h3,5-14H,1,4,15H2,2H3. The number of fused-ring (bicyclic) bond motifs is 1. The smallest absolute Gasteiger partial charge is 0.336 e. The molecule has 0 saturated carbocycles. The lowest BCUT2D eigenvalue weighted by Crippen LogP contribution is -2.38. The van der Waals surface area contributed by atoms with Crippen LogP contribution in [0, 0.1) is 0 Å². The van der Waals surface area contributed by atoms with Gasteiger partial charge in [0.2, 0.25) is 0 Å². The van der Waals surface area contributed by atoms with Gasteiger partial charge in [0.1, 0.15) is 10.4 Å². The molecular weight excluding hydrogens is 384 g/mol. The van der Waals surface area contributed by atoms with E-state index < -0.39 is 0 Å². The van der Waals surface area contributed by atoms with Gasteiger partial charge in [0.05, 0.1) is 24.4 Å². The van der Waals surface area contributed by atoms with E-state index in [-0.39, 0.29) is 11.2 Å². The molecule has 5 nitrogen and oxygen atoms in total. The first-order valence-electron chi connectivity index (χ1n) is 9.30. The second-order valence-electron chi connectivity index (χ2n) is 6.52. The number of nitrogens with zero attached hydrogens (tertiary/aromatic N) is 2. The van der Waals surface area contributed by atoms with Crippen LogP contribution in [-0.4, -0.2) is 15.7 Å². The van der Waals surface area contributed by atoms with Crippen LogP contribution in [0.2, 0.25) is 0 Å². The molecule has 146 valence electrons. The van der Waals surface area contributed by atoms with Gasteiger partial charge in [-0.2, -0.15) is 0 Å². The third kappa shape index (κ3) is 3.54. The van der Waals surface area contributed by atoms with Gasteiger partial charge >= 0.3 is 5.69 Å². The highest BCUT2D eigenvalue weighted by atomic mass is 32.1. The molecule has 4 rings (SSSR count). The minimum Gasteiger partial charge on any atom is -0.494 e. The quantitative estimate of drug-likeness (QED) is 0.481. The van der Waals surface area contributed by atoms with Gasteiger partial charge in [-0.15, -0.1) is 11.3 Å². The molecule has 0 fully saturated rings. The van der Waals surface area contributed by atoms with Crippen molar-refractivity contribution in [1.82, 2.24) is 9.13 Å². The molecule has 4 aromatic rings. The number of hydrogen-bond donors (Lipinski definition) is 0. The molecule has 0 radical (unpaired) electrons. The predicted octanol–water partition coefficient (Wildman–Crippen LogP) is 4.30. The number of thiophene rings is 1. The van der Waals surface area contributed by atoms with Gasteiger partial charge in [-0.3, -0.25) is 9.36 Å². The Kier molecular flexibility index (Phi) is 5.18. The van der Waals surface area contributed by atoms with Gasteiger partial charge < -0.3 is 4.74 Å². The average molecular weight is 404 g/mol. The average Bonchev–Trinajstić information content (AvgIpc) is 3.23. The Morgan fingerprint density at radius 2 is 1.76 bits per heavy atom. The molecule has 2 heterocycles. The molecule has 0 bridgehead atoms. The Labute approximate surface area is 171 Å². The number of aromatic nitrogens is 2. The van der Waals surface area contributed by atoms with Crippen molar-refractivity contribution in [3.05, 3.63) is 98.5 Å². The van der Waals surface area contributed by atoms with Crippen molar-refractivity contribution < 1.29 is 4.74 Å². The highest BCUT2D eigenvalue weighted by Gasteiger charge is 2.16. The summed E-state index contributed by atoms with van der Waals surface area (Å²) < 4.78 is 8.89. The minimum atomic E-state index is -0.363. The van der Waals surface area contributed by atoms with Crippen LogP contribution in [0.15, 0.2) is 76.1 Å². The maximum atomic E-state index is 13.3. The molecule has 0 aliphatic carbocycles. The van der Waals surface area contributed by atoms with E-state index in [1.165, 1.54) is 15.9 Å². The Hall–Kier alpha value is -3.38. The fourth-order valence-electron chi connectivity index (χ4n) is 3.27. The summed E-state index contributed by atoms with van der Waals surface area (Å²) >= 11 is 1.34. The van der Waals surface area contributed by atoms with Crippen molar-refractivity contribution in [2.45, 2.75) is 13.5 Å². The zero-order chi connectivity index (χ0) is 20.4. The molecule has 0 N–H and O–H groups in total. The van der Waals surface area contributed by atoms with Crippen LogP contribution in [-0.2, 0) is 6.54 Å². The third-order valence-electron chi connectivity index (χ3n) is 4.72. The van der Waals surface area contributed by atoms with E-state index in [1.54, 1.807) is 34.9 Å². The lowest BCUT2D eigenvalue weighted by atomic mass is 10.1. The van der Waals surface area contributed by atoms with Crippen LogP contribution in [0.3, 0.4) is 0 Å². The van der Waals surface area contributed by atoms with Crippen molar-refractivity contribution >= 4 is 27.6 Å². The Bertz CT molecular complexity index is 1280. The second kappa shape index (κ2) is 7.93. The zero-order valence-corrected chi connectivity index (χ0v) is 16.8. The topological polar surface area (TPSA) is 53.2 Å². The molecule has 0 unspecified atom stereocenters. The number of hydrogen-bond acceptors (Lipinski definition) is 4. The van der Waals surface area contributed by atoms with Crippen molar-refractivity contribution in [2.75, 3.05) is 6.61 Å². The maximum absolute atomic E-state index is 13.3. The SMILES string of the molecule is C=Cc1ccc(Cn2c(=O)n(-c3ccc(OCC)cc3)c(=O)c3sccc32)cc1. The van der Waals surface area contributed by atoms with Crippen molar-refractivity contribution in [2.24, 2.45) is 0 Å². The molecular formula is C23H20N2O3S. The summed E-state index contributed by atoms with van der Waals surface area (Å²) in [4.78, 5) is 26.4. The molecule has 6 heteroatoms. The van der Waals surface area contributed by atoms with Gasteiger partial charge in [-0.1, -0.05) is 36.9 Å². The molecule has 0 aliphatic heterocycles. The summed E-state index contributed by atoms with van der Waals surface area (Å²) in [5.41, 5.74) is 2.50. The van der Waals surface area contributed by atoms with E-state index in [0.717, 1.165) is 11.1 Å². The van der Waals surface area contributed by atoms with Gasteiger partial charge in [-0.05, 0) is 53.8 Å². The third-order valence-corrected chi connectivity index (χ3v) is 5.61. The highest BCUT2D eigenvalue weighted by molar-refractivity contribution is 7.17. The zero-order valence-electron chi connectivity index (χ0n) is 16.0. The van der Waals surface area contributed by atoms with E-state index in [0.29, 0.717) is 34.8 Å². The van der Waals surface area contributed by atoms with Crippen LogP contribution >= 0.6 is 11.3 Å². The predicted molar refractivity (Wildman–Crippen MR) is 118 cm³/mol. The Morgan fingerprint density at radius 3 is 2.41 bits per heavy atom. The molecule has 2 aromatic carbocycles. The summed E-state index contributed by atoms with van der Waals surface area (Å²) in [5, 5.41) is 1.84. The number of ether oxygens (including phenoxy) is 1. The lowest BCUT2D eigenvalue weighted by molar-refractivity contribution is 0.340. The van der Waals surface area contributed by atoms with Crippen molar-refractivity contribution in [3.8, 4) is 11.4 Å². The second-order valence-corrected chi connectivity index (χ2v) is 7.43. The molecule has 0 atom stereocenters. The summed E-state index contributed by atoms with van der Waals surface area (Å²) in [7, 11) is 0. The van der Waals surface area contributed by atoms with E-state index in [1.807, 2.05) is 42.6 Å². The van der Waals surface area contributed by atoms with Gasteiger partial charge in [-0.25, -0.2) is 9.36 Å². The largest absolute Gasteiger partial charge is 0.494 e. The molecule has 0 spiro atoms. The lowest BCUT2D eigenvalue weighted by Gasteiger charge is -2.13. The van der Waals surface area contributed by atoms with Gasteiger partial charge in [0.25, 0.3) is 5.56 Å². The molecule has 0 amide bonds. The minimum absolute atomic E-state index is 0.303. The normalized spacial score (nSPS) is 10.9. The first-order chi connectivity index (χ1) is 14.1. The van der Waals surface area contributed by atoms with Gasteiger partial charge in [0, 0.05) is 0 Å². The van der Waals surface area contributed by atoms with E-state index in [4.69, 9.17) is 4.74 Å². The molecule has 2 aromatic heterocycles. The summed E-state index contributed by atoms with van der Waals surface area (Å²) in [6.07, 6.45) is 1.78. The summed E-state index contributed by atoms with van der Waals surface area (Å²) in [5.74, 6) is 0.698. The number of rotatable bonds is 6. The molecule has 0 aliphatic rings. The van der Waals surface area contributed by atoms with Crippen molar-refractivity contribution in [3.63, 3.8) is 0 Å². The molecule has 0 saturated heterocycles. The summed E-state index contributed by atoms with van der Waals surface area (Å²) in [6, 6.07) is 16.7. The number of benzene rings is 2. The first kappa shape index (κ1) is 19.0. The van der Waals surface area contributed by atoms with Crippen LogP contribution < -0.4 is 16.0 Å². The Morgan fingerprint density at radius 1 is 1.03 bits per heavy atom.